The summed E-state index contributed by atoms with van der Waals surface area (Å²) in [6.07, 6.45) is 0.279. The van der Waals surface area contributed by atoms with Crippen molar-refractivity contribution < 1.29 is 14.7 Å². The van der Waals surface area contributed by atoms with Crippen molar-refractivity contribution in [2.24, 2.45) is 0 Å². The van der Waals surface area contributed by atoms with Crippen LogP contribution in [0.2, 0.25) is 0 Å². The summed E-state index contributed by atoms with van der Waals surface area (Å²) in [4.78, 5) is 26.0. The lowest BCUT2D eigenvalue weighted by atomic mass is 10.0. The minimum Gasteiger partial charge on any atom is -0.480 e. The molecule has 0 aliphatic carbocycles. The van der Waals surface area contributed by atoms with Crippen LogP contribution in [0.5, 0.6) is 0 Å². The van der Waals surface area contributed by atoms with Gasteiger partial charge in [-0.25, -0.2) is 4.79 Å². The quantitative estimate of drug-likeness (QED) is 0.874. The zero-order valence-corrected chi connectivity index (χ0v) is 15.5. The molecule has 2 rings (SSSR count). The first-order valence-electron chi connectivity index (χ1n) is 8.46. The number of carbonyl (C=O) groups is 2. The Bertz CT molecular complexity index is 763. The van der Waals surface area contributed by atoms with Gasteiger partial charge in [0.25, 0.3) is 5.91 Å². The van der Waals surface area contributed by atoms with E-state index < -0.39 is 12.0 Å². The lowest BCUT2D eigenvalue weighted by Crippen LogP contribution is -2.44. The molecular weight excluding hydrogens is 316 g/mol. The molecule has 0 saturated carbocycles. The van der Waals surface area contributed by atoms with Gasteiger partial charge in [0.05, 0.1) is 5.56 Å². The van der Waals surface area contributed by atoms with Crippen LogP contribution in [0.3, 0.4) is 0 Å². The number of carboxylic acid groups (broad SMARTS) is 1. The normalized spacial score (nSPS) is 12.2. The van der Waals surface area contributed by atoms with Crippen LogP contribution in [0.4, 0.5) is 0 Å². The summed E-state index contributed by atoms with van der Waals surface area (Å²) in [5.74, 6) is -1.26. The van der Waals surface area contributed by atoms with E-state index in [2.05, 4.69) is 18.4 Å². The summed E-state index contributed by atoms with van der Waals surface area (Å²) in [5.41, 5.74) is 3.32. The summed E-state index contributed by atoms with van der Waals surface area (Å²) >= 11 is 0. The highest BCUT2D eigenvalue weighted by molar-refractivity contribution is 5.97. The number of hydrogen-bond donors (Lipinski definition) is 1. The number of likely N-dealkylation sites (N-methyl/N-ethyl adjacent to an activating group) is 1. The van der Waals surface area contributed by atoms with E-state index in [0.717, 1.165) is 17.0 Å². The third kappa shape index (κ3) is 3.92. The van der Waals surface area contributed by atoms with E-state index in [1.54, 1.807) is 7.05 Å². The third-order valence-electron chi connectivity index (χ3n) is 4.58. The summed E-state index contributed by atoms with van der Waals surface area (Å²) in [7, 11) is 1.56. The Morgan fingerprint density at radius 2 is 1.76 bits per heavy atom. The number of benzene rings is 1. The SMILES string of the molecule is Cc1cc(C(=O)N(C)C(Cc2ccccc2)C(=O)O)c(C)n1C(C)C. The summed E-state index contributed by atoms with van der Waals surface area (Å²) in [6, 6.07) is 10.5. The van der Waals surface area contributed by atoms with Crippen molar-refractivity contribution in [1.29, 1.82) is 0 Å². The molecule has 0 fully saturated rings. The molecule has 1 heterocycles. The first kappa shape index (κ1) is 18.8. The Kier molecular flexibility index (Phi) is 5.67. The Hall–Kier alpha value is -2.56. The van der Waals surface area contributed by atoms with Crippen LogP contribution < -0.4 is 0 Å². The van der Waals surface area contributed by atoms with Gasteiger partial charge in [-0.1, -0.05) is 30.3 Å². The number of hydrogen-bond acceptors (Lipinski definition) is 2. The van der Waals surface area contributed by atoms with Gasteiger partial charge in [0.15, 0.2) is 0 Å². The number of aryl methyl sites for hydroxylation is 1. The van der Waals surface area contributed by atoms with Crippen LogP contribution >= 0.6 is 0 Å². The second kappa shape index (κ2) is 7.55. The highest BCUT2D eigenvalue weighted by atomic mass is 16.4. The van der Waals surface area contributed by atoms with Crippen LogP contribution in [0.25, 0.3) is 0 Å². The molecule has 0 aliphatic rings. The van der Waals surface area contributed by atoms with E-state index >= 15 is 0 Å². The molecule has 25 heavy (non-hydrogen) atoms. The van der Waals surface area contributed by atoms with Crippen LogP contribution in [0, 0.1) is 13.8 Å². The third-order valence-corrected chi connectivity index (χ3v) is 4.58. The van der Waals surface area contributed by atoms with Gasteiger partial charge in [0, 0.05) is 30.9 Å². The molecule has 0 saturated heterocycles. The van der Waals surface area contributed by atoms with Gasteiger partial charge in [-0.2, -0.15) is 0 Å². The number of carboxylic acids is 1. The average Bonchev–Trinajstić information content (AvgIpc) is 2.86. The number of rotatable bonds is 6. The molecule has 0 bridgehead atoms. The molecule has 5 heteroatoms. The lowest BCUT2D eigenvalue weighted by molar-refractivity contribution is -0.141. The average molecular weight is 342 g/mol. The molecule has 1 N–H and O–H groups in total. The fourth-order valence-corrected chi connectivity index (χ4v) is 3.35. The van der Waals surface area contributed by atoms with Gasteiger partial charge in [-0.15, -0.1) is 0 Å². The van der Waals surface area contributed by atoms with Crippen LogP contribution in [-0.4, -0.2) is 39.5 Å². The van der Waals surface area contributed by atoms with Gasteiger partial charge in [-0.3, -0.25) is 4.79 Å². The highest BCUT2D eigenvalue weighted by Gasteiger charge is 2.29. The topological polar surface area (TPSA) is 62.5 Å². The van der Waals surface area contributed by atoms with Gasteiger partial charge < -0.3 is 14.6 Å². The van der Waals surface area contributed by atoms with Gasteiger partial charge in [-0.05, 0) is 39.3 Å². The number of aliphatic carboxylic acids is 1. The second-order valence-electron chi connectivity index (χ2n) is 6.71. The molecule has 1 aromatic heterocycles. The predicted molar refractivity (Wildman–Crippen MR) is 98.0 cm³/mol. The maximum Gasteiger partial charge on any atom is 0.326 e. The summed E-state index contributed by atoms with van der Waals surface area (Å²) in [6.45, 7) is 7.99. The lowest BCUT2D eigenvalue weighted by Gasteiger charge is -2.25. The zero-order chi connectivity index (χ0) is 18.7. The number of carbonyl (C=O) groups excluding carboxylic acids is 1. The largest absolute Gasteiger partial charge is 0.480 e. The Morgan fingerprint density at radius 1 is 1.16 bits per heavy atom. The minimum atomic E-state index is -1.00. The first-order chi connectivity index (χ1) is 11.7. The Morgan fingerprint density at radius 3 is 2.24 bits per heavy atom. The smallest absolute Gasteiger partial charge is 0.326 e. The Balaban J connectivity index is 2.30. The standard InChI is InChI=1S/C20H26N2O3/c1-13(2)22-14(3)11-17(15(22)4)19(23)21(5)18(20(24)25)12-16-9-7-6-8-10-16/h6-11,13,18H,12H2,1-5H3,(H,24,25). The molecule has 1 unspecified atom stereocenters. The van der Waals surface area contributed by atoms with E-state index in [4.69, 9.17) is 0 Å². The number of aromatic nitrogens is 1. The van der Waals surface area contributed by atoms with E-state index in [1.165, 1.54) is 4.90 Å². The van der Waals surface area contributed by atoms with Crippen molar-refractivity contribution in [3.05, 3.63) is 58.9 Å². The fourth-order valence-electron chi connectivity index (χ4n) is 3.35. The van der Waals surface area contributed by atoms with Crippen LogP contribution in [0.1, 0.15) is 47.2 Å². The number of nitrogens with zero attached hydrogens (tertiary/aromatic N) is 2. The first-order valence-corrected chi connectivity index (χ1v) is 8.46. The molecule has 0 radical (unpaired) electrons. The van der Waals surface area contributed by atoms with Crippen LogP contribution in [0.15, 0.2) is 36.4 Å². The van der Waals surface area contributed by atoms with Crippen molar-refractivity contribution >= 4 is 11.9 Å². The molecule has 1 amide bonds. The second-order valence-corrected chi connectivity index (χ2v) is 6.71. The van der Waals surface area contributed by atoms with Crippen molar-refractivity contribution in [3.63, 3.8) is 0 Å². The molecule has 1 aromatic carbocycles. The van der Waals surface area contributed by atoms with Crippen molar-refractivity contribution in [2.75, 3.05) is 7.05 Å². The van der Waals surface area contributed by atoms with Crippen molar-refractivity contribution in [3.8, 4) is 0 Å². The fraction of sp³-hybridized carbons (Fsp3) is 0.400. The maximum atomic E-state index is 12.9. The van der Waals surface area contributed by atoms with Crippen molar-refractivity contribution in [2.45, 2.75) is 46.2 Å². The van der Waals surface area contributed by atoms with Crippen LogP contribution in [-0.2, 0) is 11.2 Å². The van der Waals surface area contributed by atoms with E-state index in [0.29, 0.717) is 5.56 Å². The molecule has 0 spiro atoms. The Labute approximate surface area is 148 Å². The van der Waals surface area contributed by atoms with Gasteiger partial charge in [0.2, 0.25) is 0 Å². The summed E-state index contributed by atoms with van der Waals surface area (Å²) in [5, 5.41) is 9.62. The zero-order valence-electron chi connectivity index (χ0n) is 15.5. The molecule has 2 aromatic rings. The monoisotopic (exact) mass is 342 g/mol. The molecular formula is C20H26N2O3. The van der Waals surface area contributed by atoms with E-state index in [1.807, 2.05) is 50.2 Å². The van der Waals surface area contributed by atoms with Crippen molar-refractivity contribution in [1.82, 2.24) is 9.47 Å². The molecule has 0 aliphatic heterocycles. The highest BCUT2D eigenvalue weighted by Crippen LogP contribution is 2.22. The predicted octanol–water partition coefficient (Wildman–Crippen LogP) is 3.45. The molecule has 5 nitrogen and oxygen atoms in total. The maximum absolute atomic E-state index is 12.9. The van der Waals surface area contributed by atoms with Gasteiger partial charge >= 0.3 is 5.97 Å². The number of amides is 1. The van der Waals surface area contributed by atoms with E-state index in [-0.39, 0.29) is 18.4 Å². The van der Waals surface area contributed by atoms with E-state index in [9.17, 15) is 14.7 Å². The molecule has 1 atom stereocenters. The minimum absolute atomic E-state index is 0.242. The van der Waals surface area contributed by atoms with Gasteiger partial charge in [0.1, 0.15) is 6.04 Å². The summed E-state index contributed by atoms with van der Waals surface area (Å²) < 4.78 is 2.09. The molecule has 134 valence electrons.